The first-order valence-corrected chi connectivity index (χ1v) is 6.77. The van der Waals surface area contributed by atoms with E-state index in [1.807, 2.05) is 18.2 Å². The number of ether oxygens (including phenoxy) is 1. The van der Waals surface area contributed by atoms with Crippen molar-refractivity contribution in [3.05, 3.63) is 35.9 Å². The van der Waals surface area contributed by atoms with Crippen LogP contribution in [0.5, 0.6) is 0 Å². The SMILES string of the molecule is O=C(C1CC1)C(c1ccccc1)N1CCOCC1. The van der Waals surface area contributed by atoms with Gasteiger partial charge in [0, 0.05) is 19.0 Å². The molecule has 1 unspecified atom stereocenters. The van der Waals surface area contributed by atoms with E-state index in [-0.39, 0.29) is 6.04 Å². The summed E-state index contributed by atoms with van der Waals surface area (Å²) in [7, 11) is 0. The first kappa shape index (κ1) is 11.9. The number of morpholine rings is 1. The average molecular weight is 245 g/mol. The van der Waals surface area contributed by atoms with Gasteiger partial charge in [-0.05, 0) is 18.4 Å². The van der Waals surface area contributed by atoms with Crippen molar-refractivity contribution in [1.29, 1.82) is 0 Å². The van der Waals surface area contributed by atoms with E-state index in [4.69, 9.17) is 4.74 Å². The number of hydrogen-bond donors (Lipinski definition) is 0. The molecule has 96 valence electrons. The third-order valence-electron chi connectivity index (χ3n) is 3.78. The molecule has 0 N–H and O–H groups in total. The maximum atomic E-state index is 12.5. The lowest BCUT2D eigenvalue weighted by Gasteiger charge is -2.34. The highest BCUT2D eigenvalue weighted by molar-refractivity contribution is 5.89. The van der Waals surface area contributed by atoms with Gasteiger partial charge in [0.15, 0.2) is 5.78 Å². The molecule has 0 bridgehead atoms. The lowest BCUT2D eigenvalue weighted by atomic mass is 9.97. The Kier molecular flexibility index (Phi) is 3.43. The number of nitrogens with zero attached hydrogens (tertiary/aromatic N) is 1. The molecule has 1 aromatic rings. The zero-order chi connectivity index (χ0) is 12.4. The molecule has 1 aliphatic heterocycles. The van der Waals surface area contributed by atoms with E-state index in [9.17, 15) is 4.79 Å². The minimum absolute atomic E-state index is 0.0531. The number of rotatable bonds is 4. The van der Waals surface area contributed by atoms with E-state index in [0.29, 0.717) is 11.7 Å². The second kappa shape index (κ2) is 5.21. The predicted molar refractivity (Wildman–Crippen MR) is 69.3 cm³/mol. The van der Waals surface area contributed by atoms with E-state index in [2.05, 4.69) is 17.0 Å². The van der Waals surface area contributed by atoms with Crippen molar-refractivity contribution in [3.63, 3.8) is 0 Å². The molecule has 1 saturated carbocycles. The van der Waals surface area contributed by atoms with Crippen molar-refractivity contribution in [2.45, 2.75) is 18.9 Å². The normalized spacial score (nSPS) is 22.7. The monoisotopic (exact) mass is 245 g/mol. The smallest absolute Gasteiger partial charge is 0.157 e. The molecule has 1 saturated heterocycles. The van der Waals surface area contributed by atoms with Crippen LogP contribution in [-0.4, -0.2) is 37.0 Å². The second-order valence-electron chi connectivity index (χ2n) is 5.14. The van der Waals surface area contributed by atoms with Crippen molar-refractivity contribution in [2.75, 3.05) is 26.3 Å². The summed E-state index contributed by atoms with van der Waals surface area (Å²) in [6.07, 6.45) is 2.15. The molecule has 3 nitrogen and oxygen atoms in total. The molecule has 3 heteroatoms. The van der Waals surface area contributed by atoms with Gasteiger partial charge in [0.2, 0.25) is 0 Å². The van der Waals surface area contributed by atoms with Gasteiger partial charge in [-0.2, -0.15) is 0 Å². The van der Waals surface area contributed by atoms with E-state index in [1.165, 1.54) is 0 Å². The molecule has 0 spiro atoms. The molecule has 0 aromatic heterocycles. The third-order valence-corrected chi connectivity index (χ3v) is 3.78. The fraction of sp³-hybridized carbons (Fsp3) is 0.533. The molecule has 1 atom stereocenters. The van der Waals surface area contributed by atoms with Crippen molar-refractivity contribution < 1.29 is 9.53 Å². The van der Waals surface area contributed by atoms with Gasteiger partial charge in [0.05, 0.1) is 19.3 Å². The third kappa shape index (κ3) is 2.47. The Balaban J connectivity index is 1.84. The number of benzene rings is 1. The quantitative estimate of drug-likeness (QED) is 0.813. The Bertz CT molecular complexity index is 408. The van der Waals surface area contributed by atoms with Crippen LogP contribution in [-0.2, 0) is 9.53 Å². The van der Waals surface area contributed by atoms with Crippen LogP contribution in [0.15, 0.2) is 30.3 Å². The molecule has 1 aliphatic carbocycles. The maximum absolute atomic E-state index is 12.5. The zero-order valence-corrected chi connectivity index (χ0v) is 10.5. The summed E-state index contributed by atoms with van der Waals surface area (Å²) < 4.78 is 5.39. The Hall–Kier alpha value is -1.19. The van der Waals surface area contributed by atoms with Crippen LogP contribution in [0.2, 0.25) is 0 Å². The molecule has 0 amide bonds. The Morgan fingerprint density at radius 1 is 1.17 bits per heavy atom. The first-order chi connectivity index (χ1) is 8.86. The van der Waals surface area contributed by atoms with Gasteiger partial charge in [0.1, 0.15) is 0 Å². The lowest BCUT2D eigenvalue weighted by molar-refractivity contribution is -0.127. The van der Waals surface area contributed by atoms with Crippen molar-refractivity contribution in [3.8, 4) is 0 Å². The molecule has 0 radical (unpaired) electrons. The van der Waals surface area contributed by atoms with Crippen molar-refractivity contribution >= 4 is 5.78 Å². The zero-order valence-electron chi connectivity index (χ0n) is 10.5. The summed E-state index contributed by atoms with van der Waals surface area (Å²) in [5.74, 6) is 0.709. The number of carbonyl (C=O) groups is 1. The van der Waals surface area contributed by atoms with Crippen LogP contribution >= 0.6 is 0 Å². The topological polar surface area (TPSA) is 29.5 Å². The van der Waals surface area contributed by atoms with Crippen LogP contribution in [0.1, 0.15) is 24.4 Å². The van der Waals surface area contributed by atoms with Crippen LogP contribution in [0.3, 0.4) is 0 Å². The highest BCUT2D eigenvalue weighted by Gasteiger charge is 2.38. The fourth-order valence-electron chi connectivity index (χ4n) is 2.62. The summed E-state index contributed by atoms with van der Waals surface area (Å²) in [5, 5.41) is 0. The summed E-state index contributed by atoms with van der Waals surface area (Å²) in [5.41, 5.74) is 1.14. The van der Waals surface area contributed by atoms with Gasteiger partial charge in [-0.1, -0.05) is 30.3 Å². The minimum Gasteiger partial charge on any atom is -0.379 e. The van der Waals surface area contributed by atoms with Gasteiger partial charge in [-0.15, -0.1) is 0 Å². The molecule has 18 heavy (non-hydrogen) atoms. The molecular formula is C15H19NO2. The first-order valence-electron chi connectivity index (χ1n) is 6.77. The number of ketones is 1. The summed E-state index contributed by atoms with van der Waals surface area (Å²) >= 11 is 0. The molecule has 1 aromatic carbocycles. The summed E-state index contributed by atoms with van der Waals surface area (Å²) in [6.45, 7) is 3.19. The molecule has 2 fully saturated rings. The molecule has 3 rings (SSSR count). The number of hydrogen-bond acceptors (Lipinski definition) is 3. The number of carbonyl (C=O) groups excluding carboxylic acids is 1. The van der Waals surface area contributed by atoms with Crippen molar-refractivity contribution in [2.24, 2.45) is 5.92 Å². The van der Waals surface area contributed by atoms with E-state index >= 15 is 0 Å². The standard InChI is InChI=1S/C15H19NO2/c17-15(13-6-7-13)14(12-4-2-1-3-5-12)16-8-10-18-11-9-16/h1-5,13-14H,6-11H2. The maximum Gasteiger partial charge on any atom is 0.157 e. The van der Waals surface area contributed by atoms with E-state index in [0.717, 1.165) is 44.7 Å². The lowest BCUT2D eigenvalue weighted by Crippen LogP contribution is -2.42. The average Bonchev–Trinajstić information content (AvgIpc) is 3.26. The van der Waals surface area contributed by atoms with E-state index in [1.54, 1.807) is 0 Å². The van der Waals surface area contributed by atoms with Gasteiger partial charge in [-0.25, -0.2) is 0 Å². The molecular weight excluding hydrogens is 226 g/mol. The highest BCUT2D eigenvalue weighted by Crippen LogP contribution is 2.37. The van der Waals surface area contributed by atoms with E-state index < -0.39 is 0 Å². The Labute approximate surface area is 108 Å². The van der Waals surface area contributed by atoms with Crippen molar-refractivity contribution in [1.82, 2.24) is 4.90 Å². The van der Waals surface area contributed by atoms with Gasteiger partial charge >= 0.3 is 0 Å². The van der Waals surface area contributed by atoms with Crippen LogP contribution < -0.4 is 0 Å². The Morgan fingerprint density at radius 3 is 2.44 bits per heavy atom. The highest BCUT2D eigenvalue weighted by atomic mass is 16.5. The second-order valence-corrected chi connectivity index (χ2v) is 5.14. The van der Waals surface area contributed by atoms with Gasteiger partial charge in [-0.3, -0.25) is 9.69 Å². The Morgan fingerprint density at radius 2 is 1.83 bits per heavy atom. The van der Waals surface area contributed by atoms with Crippen LogP contribution in [0.4, 0.5) is 0 Å². The molecule has 1 heterocycles. The predicted octanol–water partition coefficient (Wildman–Crippen LogP) is 2.04. The van der Waals surface area contributed by atoms with Crippen LogP contribution in [0.25, 0.3) is 0 Å². The largest absolute Gasteiger partial charge is 0.379 e. The van der Waals surface area contributed by atoms with Crippen LogP contribution in [0, 0.1) is 5.92 Å². The van der Waals surface area contributed by atoms with Gasteiger partial charge < -0.3 is 4.74 Å². The minimum atomic E-state index is -0.0531. The fourth-order valence-corrected chi connectivity index (χ4v) is 2.62. The molecule has 2 aliphatic rings. The summed E-state index contributed by atoms with van der Waals surface area (Å²) in [4.78, 5) is 14.8. The number of Topliss-reactive ketones (excluding diaryl/α,β-unsaturated/α-hetero) is 1. The van der Waals surface area contributed by atoms with Gasteiger partial charge in [0.25, 0.3) is 0 Å². The summed E-state index contributed by atoms with van der Waals surface area (Å²) in [6, 6.07) is 10.1.